The van der Waals surface area contributed by atoms with Crippen LogP contribution in [0.5, 0.6) is 5.75 Å². The van der Waals surface area contributed by atoms with Gasteiger partial charge in [0.15, 0.2) is 0 Å². The molecule has 4 bridgehead atoms. The monoisotopic (exact) mass is 359 g/mol. The molecule has 0 spiro atoms. The summed E-state index contributed by atoms with van der Waals surface area (Å²) in [5, 5.41) is 0.597. The van der Waals surface area contributed by atoms with Crippen LogP contribution in [0.2, 0.25) is 5.02 Å². The minimum absolute atomic E-state index is 0.0470. The third-order valence-corrected chi connectivity index (χ3v) is 7.82. The molecule has 6 rings (SSSR count). The molecule has 0 aromatic heterocycles. The van der Waals surface area contributed by atoms with Gasteiger partial charge in [-0.3, -0.25) is 0 Å². The highest BCUT2D eigenvalue weighted by Gasteiger charge is 2.60. The molecule has 0 amide bonds. The molecule has 0 aliphatic heterocycles. The molecule has 3 nitrogen and oxygen atoms in total. The number of hydrogen-bond donors (Lipinski definition) is 1. The van der Waals surface area contributed by atoms with Crippen molar-refractivity contribution >= 4 is 23.6 Å². The zero-order chi connectivity index (χ0) is 17.2. The Morgan fingerprint density at radius 2 is 1.96 bits per heavy atom. The molecular weight excluding hydrogens is 334 g/mol. The van der Waals surface area contributed by atoms with Crippen LogP contribution < -0.4 is 10.5 Å². The van der Waals surface area contributed by atoms with Gasteiger partial charge in [-0.05, 0) is 92.2 Å². The molecule has 25 heavy (non-hydrogen) atoms. The van der Waals surface area contributed by atoms with Gasteiger partial charge in [-0.2, -0.15) is 0 Å². The lowest BCUT2D eigenvalue weighted by molar-refractivity contribution is -0.140. The van der Waals surface area contributed by atoms with Crippen LogP contribution >= 0.6 is 11.6 Å². The number of benzene rings is 1. The maximum Gasteiger partial charge on any atom is 0.138 e. The van der Waals surface area contributed by atoms with Crippen molar-refractivity contribution in [2.75, 3.05) is 12.3 Å². The van der Waals surface area contributed by atoms with E-state index in [1.54, 1.807) is 6.07 Å². The van der Waals surface area contributed by atoms with Gasteiger partial charge in [0.25, 0.3) is 0 Å². The molecule has 0 heterocycles. The molecular formula is C21H26ClNO2. The molecule has 5 aliphatic carbocycles. The van der Waals surface area contributed by atoms with Crippen LogP contribution in [0.3, 0.4) is 0 Å². The first-order valence-electron chi connectivity index (χ1n) is 9.71. The second kappa shape index (κ2) is 5.64. The van der Waals surface area contributed by atoms with Crippen LogP contribution in [-0.2, 0) is 4.79 Å². The number of rotatable bonds is 5. The third kappa shape index (κ3) is 2.66. The highest BCUT2D eigenvalue weighted by molar-refractivity contribution is 6.32. The van der Waals surface area contributed by atoms with E-state index in [0.717, 1.165) is 54.8 Å². The van der Waals surface area contributed by atoms with E-state index in [2.05, 4.69) is 0 Å². The standard InChI is InChI=1S/C21H26ClNO2/c22-18-6-16(23)1-2-19(18)25-10-15-5-17(15)20-13-3-12-4-14(20)9-21(7-12,8-13)11-24/h1-2,6,11-15,17,20H,3-5,7-10,23H2. The van der Waals surface area contributed by atoms with Gasteiger partial charge in [0.05, 0.1) is 11.6 Å². The number of nitrogen functional groups attached to an aromatic ring is 1. The van der Waals surface area contributed by atoms with Gasteiger partial charge in [0.1, 0.15) is 12.0 Å². The fourth-order valence-electron chi connectivity index (χ4n) is 6.73. The Morgan fingerprint density at radius 1 is 1.20 bits per heavy atom. The van der Waals surface area contributed by atoms with E-state index in [4.69, 9.17) is 22.1 Å². The van der Waals surface area contributed by atoms with Crippen molar-refractivity contribution < 1.29 is 9.53 Å². The first-order valence-corrected chi connectivity index (χ1v) is 10.1. The number of carbonyl (C=O) groups is 1. The number of ether oxygens (including phenoxy) is 1. The summed E-state index contributed by atoms with van der Waals surface area (Å²) in [7, 11) is 0. The van der Waals surface area contributed by atoms with Crippen molar-refractivity contribution in [2.45, 2.75) is 38.5 Å². The molecule has 1 aromatic rings. The Labute approximate surface area is 154 Å². The summed E-state index contributed by atoms with van der Waals surface area (Å²) in [5.41, 5.74) is 6.45. The molecule has 0 saturated heterocycles. The second-order valence-corrected chi connectivity index (χ2v) is 9.60. The van der Waals surface area contributed by atoms with Crippen molar-refractivity contribution in [3.8, 4) is 5.75 Å². The Kier molecular flexibility index (Phi) is 3.61. The first kappa shape index (κ1) is 16.0. The lowest BCUT2D eigenvalue weighted by atomic mass is 9.46. The van der Waals surface area contributed by atoms with E-state index >= 15 is 0 Å². The van der Waals surface area contributed by atoms with Gasteiger partial charge in [-0.15, -0.1) is 0 Å². The smallest absolute Gasteiger partial charge is 0.138 e. The van der Waals surface area contributed by atoms with Gasteiger partial charge < -0.3 is 15.3 Å². The SMILES string of the molecule is Nc1ccc(OCC2CC2C2C3CC4CC2CC(C=O)(C4)C3)c(Cl)c1. The van der Waals surface area contributed by atoms with Crippen LogP contribution in [0.15, 0.2) is 18.2 Å². The largest absolute Gasteiger partial charge is 0.492 e. The van der Waals surface area contributed by atoms with Gasteiger partial charge in [-0.1, -0.05) is 11.6 Å². The first-order chi connectivity index (χ1) is 12.1. The maximum absolute atomic E-state index is 11.7. The van der Waals surface area contributed by atoms with Crippen molar-refractivity contribution in [1.29, 1.82) is 0 Å². The fourth-order valence-corrected chi connectivity index (χ4v) is 6.98. The quantitative estimate of drug-likeness (QED) is 0.618. The van der Waals surface area contributed by atoms with E-state index < -0.39 is 0 Å². The Hall–Kier alpha value is -1.22. The van der Waals surface area contributed by atoms with E-state index in [9.17, 15) is 4.79 Å². The highest BCUT2D eigenvalue weighted by atomic mass is 35.5. The molecule has 2 N–H and O–H groups in total. The average Bonchev–Trinajstić information content (AvgIpc) is 3.32. The zero-order valence-electron chi connectivity index (χ0n) is 14.5. The predicted molar refractivity (Wildman–Crippen MR) is 98.5 cm³/mol. The summed E-state index contributed by atoms with van der Waals surface area (Å²) in [6.45, 7) is 0.756. The summed E-state index contributed by atoms with van der Waals surface area (Å²) < 4.78 is 5.99. The molecule has 5 aliphatic rings. The van der Waals surface area contributed by atoms with Crippen LogP contribution in [0, 0.1) is 40.9 Å². The minimum atomic E-state index is 0.0470. The zero-order valence-corrected chi connectivity index (χ0v) is 15.3. The minimum Gasteiger partial charge on any atom is -0.492 e. The van der Waals surface area contributed by atoms with Crippen LogP contribution in [0.1, 0.15) is 38.5 Å². The lowest BCUT2D eigenvalue weighted by Crippen LogP contribution is -2.52. The molecule has 134 valence electrons. The van der Waals surface area contributed by atoms with Crippen LogP contribution in [0.4, 0.5) is 5.69 Å². The maximum atomic E-state index is 11.7. The predicted octanol–water partition coefficient (Wildman–Crippen LogP) is 4.58. The number of nitrogens with two attached hydrogens (primary N) is 1. The van der Waals surface area contributed by atoms with Gasteiger partial charge in [0.2, 0.25) is 0 Å². The van der Waals surface area contributed by atoms with E-state index in [1.807, 2.05) is 12.1 Å². The van der Waals surface area contributed by atoms with Crippen LogP contribution in [0.25, 0.3) is 0 Å². The second-order valence-electron chi connectivity index (χ2n) is 9.19. The molecule has 4 heteroatoms. The Bertz CT molecular complexity index is 689. The molecule has 4 unspecified atom stereocenters. The Morgan fingerprint density at radius 3 is 2.64 bits per heavy atom. The number of anilines is 1. The van der Waals surface area contributed by atoms with E-state index in [1.165, 1.54) is 32.0 Å². The molecule has 0 radical (unpaired) electrons. The summed E-state index contributed by atoms with van der Waals surface area (Å²) in [6.07, 6.45) is 8.80. The number of halogens is 1. The molecule has 4 atom stereocenters. The average molecular weight is 360 g/mol. The third-order valence-electron chi connectivity index (χ3n) is 7.52. The van der Waals surface area contributed by atoms with E-state index in [-0.39, 0.29) is 5.41 Å². The Balaban J connectivity index is 1.23. The number of hydrogen-bond acceptors (Lipinski definition) is 3. The summed E-state index contributed by atoms with van der Waals surface area (Å²) >= 11 is 6.21. The fraction of sp³-hybridized carbons (Fsp3) is 0.667. The van der Waals surface area contributed by atoms with Crippen molar-refractivity contribution in [1.82, 2.24) is 0 Å². The van der Waals surface area contributed by atoms with Gasteiger partial charge >= 0.3 is 0 Å². The molecule has 1 aromatic carbocycles. The summed E-state index contributed by atoms with van der Waals surface area (Å²) in [6, 6.07) is 5.45. The van der Waals surface area contributed by atoms with Crippen molar-refractivity contribution in [3.05, 3.63) is 23.2 Å². The van der Waals surface area contributed by atoms with E-state index in [0.29, 0.717) is 16.6 Å². The van der Waals surface area contributed by atoms with Crippen LogP contribution in [-0.4, -0.2) is 12.9 Å². The topological polar surface area (TPSA) is 52.3 Å². The summed E-state index contributed by atoms with van der Waals surface area (Å²) in [5.74, 6) is 5.42. The van der Waals surface area contributed by atoms with Gasteiger partial charge in [0, 0.05) is 11.1 Å². The number of aldehydes is 1. The van der Waals surface area contributed by atoms with Crippen molar-refractivity contribution in [2.24, 2.45) is 40.9 Å². The van der Waals surface area contributed by atoms with Crippen molar-refractivity contribution in [3.63, 3.8) is 0 Å². The molecule has 5 saturated carbocycles. The highest BCUT2D eigenvalue weighted by Crippen LogP contribution is 2.66. The molecule has 5 fully saturated rings. The summed E-state index contributed by atoms with van der Waals surface area (Å²) in [4.78, 5) is 11.7. The van der Waals surface area contributed by atoms with Gasteiger partial charge in [-0.25, -0.2) is 0 Å². The lowest BCUT2D eigenvalue weighted by Gasteiger charge is -2.58. The number of carbonyl (C=O) groups excluding carboxylic acids is 1. The normalized spacial score (nSPS) is 43.9.